The molecule has 0 aliphatic heterocycles. The second kappa shape index (κ2) is 7.26. The van der Waals surface area contributed by atoms with Gasteiger partial charge in [0.05, 0.1) is 6.42 Å². The lowest BCUT2D eigenvalue weighted by molar-refractivity contribution is -0.137. The van der Waals surface area contributed by atoms with Crippen molar-refractivity contribution in [3.8, 4) is 5.75 Å². The Balaban J connectivity index is 1.77. The average molecular weight is 342 g/mol. The van der Waals surface area contributed by atoms with Gasteiger partial charge >= 0.3 is 5.97 Å². The van der Waals surface area contributed by atoms with Gasteiger partial charge in [-0.25, -0.2) is 4.39 Å². The highest BCUT2D eigenvalue weighted by molar-refractivity contribution is 5.68. The second-order valence-electron chi connectivity index (χ2n) is 7.30. The van der Waals surface area contributed by atoms with Gasteiger partial charge in [0.25, 0.3) is 0 Å². The number of aliphatic carboxylic acids is 1. The fraction of sp³-hybridized carbons (Fsp3) is 0.381. The van der Waals surface area contributed by atoms with Crippen molar-refractivity contribution in [2.24, 2.45) is 5.41 Å². The van der Waals surface area contributed by atoms with Crippen molar-refractivity contribution >= 4 is 5.97 Å². The van der Waals surface area contributed by atoms with Crippen molar-refractivity contribution in [3.05, 3.63) is 65.5 Å². The van der Waals surface area contributed by atoms with E-state index in [0.29, 0.717) is 17.9 Å². The molecule has 0 unspecified atom stereocenters. The highest BCUT2D eigenvalue weighted by Gasteiger charge is 2.40. The molecule has 3 rings (SSSR count). The highest BCUT2D eigenvalue weighted by Crippen LogP contribution is 2.52. The lowest BCUT2D eigenvalue weighted by atomic mass is 9.85. The Kier molecular flexibility index (Phi) is 5.07. The van der Waals surface area contributed by atoms with E-state index < -0.39 is 11.8 Å². The molecule has 0 amide bonds. The molecule has 2 aromatic rings. The minimum Gasteiger partial charge on any atom is -0.489 e. The maximum absolute atomic E-state index is 14.1. The zero-order chi connectivity index (χ0) is 17.9. The summed E-state index contributed by atoms with van der Waals surface area (Å²) >= 11 is 0. The first kappa shape index (κ1) is 17.5. The molecule has 0 aromatic heterocycles. The average Bonchev–Trinajstić information content (AvgIpc) is 3.29. The zero-order valence-electron chi connectivity index (χ0n) is 14.4. The van der Waals surface area contributed by atoms with E-state index in [1.54, 1.807) is 6.07 Å². The van der Waals surface area contributed by atoms with E-state index in [4.69, 9.17) is 4.74 Å². The van der Waals surface area contributed by atoms with Crippen molar-refractivity contribution in [2.75, 3.05) is 0 Å². The predicted octanol–water partition coefficient (Wildman–Crippen LogP) is 5.15. The van der Waals surface area contributed by atoms with Crippen LogP contribution >= 0.6 is 0 Å². The van der Waals surface area contributed by atoms with E-state index >= 15 is 0 Å². The Morgan fingerprint density at radius 1 is 1.24 bits per heavy atom. The Hall–Kier alpha value is -2.36. The summed E-state index contributed by atoms with van der Waals surface area (Å²) in [5.74, 6) is -1.00. The van der Waals surface area contributed by atoms with Crippen LogP contribution in [0, 0.1) is 11.2 Å². The van der Waals surface area contributed by atoms with Crippen LogP contribution in [0.3, 0.4) is 0 Å². The number of benzene rings is 2. The van der Waals surface area contributed by atoms with Crippen LogP contribution in [0.1, 0.15) is 49.7 Å². The molecule has 132 valence electrons. The second-order valence-corrected chi connectivity index (χ2v) is 7.30. The summed E-state index contributed by atoms with van der Waals surface area (Å²) in [6.45, 7) is 2.51. The Bertz CT molecular complexity index is 738. The van der Waals surface area contributed by atoms with Gasteiger partial charge < -0.3 is 9.84 Å². The molecule has 1 aliphatic rings. The summed E-state index contributed by atoms with van der Waals surface area (Å²) in [7, 11) is 0. The maximum atomic E-state index is 14.1. The number of hydrogen-bond donors (Lipinski definition) is 1. The van der Waals surface area contributed by atoms with E-state index in [2.05, 4.69) is 6.92 Å². The molecule has 0 heterocycles. The van der Waals surface area contributed by atoms with Gasteiger partial charge in [-0.05, 0) is 53.9 Å². The molecule has 0 bridgehead atoms. The fourth-order valence-electron chi connectivity index (χ4n) is 3.18. The molecule has 1 aliphatic carbocycles. The van der Waals surface area contributed by atoms with Crippen molar-refractivity contribution in [2.45, 2.75) is 45.1 Å². The summed E-state index contributed by atoms with van der Waals surface area (Å²) in [5, 5.41) is 9.23. The van der Waals surface area contributed by atoms with E-state index in [9.17, 15) is 14.3 Å². The van der Waals surface area contributed by atoms with Gasteiger partial charge in [-0.1, -0.05) is 37.3 Å². The number of carboxylic acid groups (broad SMARTS) is 1. The van der Waals surface area contributed by atoms with Crippen LogP contribution in [0.5, 0.6) is 5.75 Å². The van der Waals surface area contributed by atoms with Gasteiger partial charge in [0.15, 0.2) is 0 Å². The van der Waals surface area contributed by atoms with Crippen LogP contribution in [-0.4, -0.2) is 11.1 Å². The molecule has 0 saturated heterocycles. The van der Waals surface area contributed by atoms with E-state index in [0.717, 1.165) is 24.8 Å². The molecule has 2 aromatic carbocycles. The standard InChI is InChI=1S/C21H23FO3/c1-21(7-8-21)13-17(11-20(23)24)16-9-18(22)12-19(10-16)25-14-15-5-3-2-4-6-15/h2-6,9-10,12,17H,7-8,11,13-14H2,1H3,(H,23,24)/t17-/m0/s1. The van der Waals surface area contributed by atoms with Crippen molar-refractivity contribution < 1.29 is 19.0 Å². The van der Waals surface area contributed by atoms with Crippen LogP contribution in [0.2, 0.25) is 0 Å². The van der Waals surface area contributed by atoms with Gasteiger partial charge in [0.2, 0.25) is 0 Å². The highest BCUT2D eigenvalue weighted by atomic mass is 19.1. The third-order valence-electron chi connectivity index (χ3n) is 4.88. The lowest BCUT2D eigenvalue weighted by Gasteiger charge is -2.20. The molecule has 0 radical (unpaired) electrons. The molecule has 0 spiro atoms. The van der Waals surface area contributed by atoms with Crippen LogP contribution in [0.25, 0.3) is 0 Å². The molecule has 1 atom stereocenters. The van der Waals surface area contributed by atoms with Crippen LogP contribution in [0.15, 0.2) is 48.5 Å². The first-order chi connectivity index (χ1) is 11.9. The normalized spacial score (nSPS) is 16.2. The number of rotatable bonds is 8. The minimum atomic E-state index is -0.856. The summed E-state index contributed by atoms with van der Waals surface area (Å²) in [6, 6.07) is 14.2. The van der Waals surface area contributed by atoms with Crippen LogP contribution in [0.4, 0.5) is 4.39 Å². The Morgan fingerprint density at radius 2 is 1.96 bits per heavy atom. The molecule has 1 N–H and O–H groups in total. The molecule has 1 fully saturated rings. The zero-order valence-corrected chi connectivity index (χ0v) is 14.4. The van der Waals surface area contributed by atoms with Gasteiger partial charge in [-0.3, -0.25) is 4.79 Å². The first-order valence-corrected chi connectivity index (χ1v) is 8.63. The molecule has 1 saturated carbocycles. The lowest BCUT2D eigenvalue weighted by Crippen LogP contribution is -2.11. The summed E-state index contributed by atoms with van der Waals surface area (Å²) in [6.07, 6.45) is 2.99. The van der Waals surface area contributed by atoms with Crippen molar-refractivity contribution in [3.63, 3.8) is 0 Å². The number of halogens is 1. The number of ether oxygens (including phenoxy) is 1. The molecular formula is C21H23FO3. The summed E-state index contributed by atoms with van der Waals surface area (Å²) in [4.78, 5) is 11.2. The van der Waals surface area contributed by atoms with E-state index in [1.165, 1.54) is 12.1 Å². The predicted molar refractivity (Wildman–Crippen MR) is 94.1 cm³/mol. The fourth-order valence-corrected chi connectivity index (χ4v) is 3.18. The molecule has 4 heteroatoms. The largest absolute Gasteiger partial charge is 0.489 e. The third-order valence-corrected chi connectivity index (χ3v) is 4.88. The topological polar surface area (TPSA) is 46.5 Å². The van der Waals surface area contributed by atoms with Gasteiger partial charge in [-0.15, -0.1) is 0 Å². The number of hydrogen-bond acceptors (Lipinski definition) is 2. The smallest absolute Gasteiger partial charge is 0.303 e. The SMILES string of the molecule is CC1(C[C@H](CC(=O)O)c2cc(F)cc(OCc3ccccc3)c2)CC1. The summed E-state index contributed by atoms with van der Waals surface area (Å²) in [5.41, 5.74) is 1.90. The van der Waals surface area contributed by atoms with E-state index in [-0.39, 0.29) is 17.8 Å². The van der Waals surface area contributed by atoms with Gasteiger partial charge in [-0.2, -0.15) is 0 Å². The molecule has 3 nitrogen and oxygen atoms in total. The minimum absolute atomic E-state index is 0.0111. The van der Waals surface area contributed by atoms with Crippen LogP contribution in [-0.2, 0) is 11.4 Å². The van der Waals surface area contributed by atoms with Gasteiger partial charge in [0.1, 0.15) is 18.2 Å². The number of carbonyl (C=O) groups is 1. The van der Waals surface area contributed by atoms with Crippen molar-refractivity contribution in [1.29, 1.82) is 0 Å². The van der Waals surface area contributed by atoms with Crippen LogP contribution < -0.4 is 4.74 Å². The third kappa shape index (κ3) is 5.05. The number of carboxylic acids is 1. The molecule has 25 heavy (non-hydrogen) atoms. The summed E-state index contributed by atoms with van der Waals surface area (Å²) < 4.78 is 19.8. The Morgan fingerprint density at radius 3 is 2.60 bits per heavy atom. The molecular weight excluding hydrogens is 319 g/mol. The first-order valence-electron chi connectivity index (χ1n) is 8.63. The maximum Gasteiger partial charge on any atom is 0.303 e. The van der Waals surface area contributed by atoms with Gasteiger partial charge in [0, 0.05) is 6.07 Å². The Labute approximate surface area is 147 Å². The van der Waals surface area contributed by atoms with E-state index in [1.807, 2.05) is 30.3 Å². The monoisotopic (exact) mass is 342 g/mol. The van der Waals surface area contributed by atoms with Crippen molar-refractivity contribution in [1.82, 2.24) is 0 Å². The quantitative estimate of drug-likeness (QED) is 0.721.